The second-order valence-electron chi connectivity index (χ2n) is 15.4. The Morgan fingerprint density at radius 3 is 1.37 bits per heavy atom. The van der Waals surface area contributed by atoms with Crippen LogP contribution in [-0.2, 0) is 0 Å². The van der Waals surface area contributed by atoms with E-state index in [9.17, 15) is 0 Å². The van der Waals surface area contributed by atoms with Gasteiger partial charge in [-0.15, -0.1) is 0 Å². The van der Waals surface area contributed by atoms with Gasteiger partial charge >= 0.3 is 0 Å². The maximum atomic E-state index is 6.23. The lowest BCUT2D eigenvalue weighted by atomic mass is 9.93. The van der Waals surface area contributed by atoms with Crippen molar-refractivity contribution in [1.29, 1.82) is 0 Å². The molecule has 0 N–H and O–H groups in total. The van der Waals surface area contributed by atoms with Crippen molar-refractivity contribution >= 4 is 54.6 Å². The summed E-state index contributed by atoms with van der Waals surface area (Å²) >= 11 is 0. The lowest BCUT2D eigenvalue weighted by Gasteiger charge is -2.14. The zero-order chi connectivity index (χ0) is 39.6. The molecule has 0 saturated carbocycles. The van der Waals surface area contributed by atoms with Crippen molar-refractivity contribution in [3.05, 3.63) is 206 Å². The topological polar surface area (TPSA) is 52.1 Å². The molecule has 0 fully saturated rings. The van der Waals surface area contributed by atoms with Gasteiger partial charge in [-0.3, -0.25) is 0 Å². The number of fused-ring (bicyclic) bond motifs is 7. The van der Waals surface area contributed by atoms with E-state index in [1.165, 1.54) is 16.3 Å². The highest BCUT2D eigenvalue weighted by atomic mass is 16.3. The number of hydrogen-bond acceptors (Lipinski definition) is 4. The number of hydrogen-bond donors (Lipinski definition) is 0. The standard InChI is InChI=1S/C56H34N2O2/c1-2-11-38(12-3-1)56-57-50(37-21-18-36(19-22-37)40-23-20-35-10-4-5-13-39(35)28-40)34-51(58-56)45-30-43(41-24-26-54-48(32-41)46-14-6-8-16-52(46)59-54)29-44(31-45)42-25-27-55-49(33-42)47-15-7-9-17-53(47)60-55/h1-34H. The number of benzene rings is 9. The Labute approximate surface area is 345 Å². The second kappa shape index (κ2) is 13.8. The van der Waals surface area contributed by atoms with Crippen molar-refractivity contribution in [3.8, 4) is 67.3 Å². The van der Waals surface area contributed by atoms with Crippen molar-refractivity contribution < 1.29 is 8.83 Å². The summed E-state index contributed by atoms with van der Waals surface area (Å²) in [4.78, 5) is 10.5. The van der Waals surface area contributed by atoms with Crippen molar-refractivity contribution in [2.75, 3.05) is 0 Å². The Hall–Kier alpha value is -8.08. The first kappa shape index (κ1) is 34.0. The summed E-state index contributed by atoms with van der Waals surface area (Å²) in [5, 5.41) is 6.83. The molecule has 4 heteroatoms. The predicted molar refractivity (Wildman–Crippen MR) is 247 cm³/mol. The maximum absolute atomic E-state index is 6.23. The van der Waals surface area contributed by atoms with Gasteiger partial charge in [-0.2, -0.15) is 0 Å². The van der Waals surface area contributed by atoms with Crippen LogP contribution in [0.15, 0.2) is 215 Å². The van der Waals surface area contributed by atoms with Gasteiger partial charge in [0.05, 0.1) is 11.4 Å². The van der Waals surface area contributed by atoms with E-state index in [4.69, 9.17) is 18.8 Å². The molecule has 0 aliphatic rings. The molecule has 0 aliphatic carbocycles. The highest BCUT2D eigenvalue weighted by molar-refractivity contribution is 6.08. The summed E-state index contributed by atoms with van der Waals surface area (Å²) in [7, 11) is 0. The van der Waals surface area contributed by atoms with Crippen LogP contribution >= 0.6 is 0 Å². The number of nitrogens with zero attached hydrogens (tertiary/aromatic N) is 2. The van der Waals surface area contributed by atoms with E-state index in [-0.39, 0.29) is 0 Å². The molecule has 0 aliphatic heterocycles. The van der Waals surface area contributed by atoms with Crippen molar-refractivity contribution in [2.45, 2.75) is 0 Å². The summed E-state index contributed by atoms with van der Waals surface area (Å²) < 4.78 is 12.5. The minimum absolute atomic E-state index is 0.672. The predicted octanol–water partition coefficient (Wildman–Crippen LogP) is 15.4. The van der Waals surface area contributed by atoms with Crippen LogP contribution in [0.5, 0.6) is 0 Å². The monoisotopic (exact) mass is 766 g/mol. The quantitative estimate of drug-likeness (QED) is 0.169. The smallest absolute Gasteiger partial charge is 0.160 e. The van der Waals surface area contributed by atoms with Crippen LogP contribution in [-0.4, -0.2) is 9.97 Å². The Balaban J connectivity index is 1.03. The summed E-state index contributed by atoms with van der Waals surface area (Å²) in [6.45, 7) is 0. The van der Waals surface area contributed by atoms with E-state index in [0.717, 1.165) is 99.8 Å². The van der Waals surface area contributed by atoms with Gasteiger partial charge in [0.25, 0.3) is 0 Å². The van der Waals surface area contributed by atoms with Gasteiger partial charge in [-0.05, 0) is 111 Å². The minimum atomic E-state index is 0.672. The van der Waals surface area contributed by atoms with Gasteiger partial charge in [0, 0.05) is 38.2 Å². The van der Waals surface area contributed by atoms with E-state index in [1.54, 1.807) is 0 Å². The van der Waals surface area contributed by atoms with Crippen molar-refractivity contribution in [1.82, 2.24) is 9.97 Å². The Morgan fingerprint density at radius 2 is 0.717 bits per heavy atom. The van der Waals surface area contributed by atoms with Gasteiger partial charge in [0.2, 0.25) is 0 Å². The van der Waals surface area contributed by atoms with E-state index >= 15 is 0 Å². The van der Waals surface area contributed by atoms with Crippen LogP contribution in [0.4, 0.5) is 0 Å². The van der Waals surface area contributed by atoms with Gasteiger partial charge in [0.1, 0.15) is 22.3 Å². The SMILES string of the molecule is c1ccc(-c2nc(-c3ccc(-c4ccc5ccccc5c4)cc3)cc(-c3cc(-c4ccc5oc6ccccc6c5c4)cc(-c4ccc5oc6ccccc6c5c4)c3)n2)cc1. The van der Waals surface area contributed by atoms with Crippen LogP contribution in [0.2, 0.25) is 0 Å². The molecule has 280 valence electrons. The third-order valence-corrected chi connectivity index (χ3v) is 11.7. The average Bonchev–Trinajstić information content (AvgIpc) is 3.89. The second-order valence-corrected chi connectivity index (χ2v) is 15.4. The summed E-state index contributed by atoms with van der Waals surface area (Å²) in [5.41, 5.74) is 14.8. The Morgan fingerprint density at radius 1 is 0.250 bits per heavy atom. The molecule has 12 aromatic rings. The van der Waals surface area contributed by atoms with E-state index in [2.05, 4.69) is 164 Å². The number of rotatable bonds is 6. The molecule has 3 aromatic heterocycles. The lowest BCUT2D eigenvalue weighted by Crippen LogP contribution is -1.96. The normalized spacial score (nSPS) is 11.7. The molecule has 0 unspecified atom stereocenters. The molecule has 3 heterocycles. The molecule has 0 atom stereocenters. The maximum Gasteiger partial charge on any atom is 0.160 e. The van der Waals surface area contributed by atoms with Crippen LogP contribution < -0.4 is 0 Å². The molecule has 12 rings (SSSR count). The van der Waals surface area contributed by atoms with Gasteiger partial charge in [-0.25, -0.2) is 9.97 Å². The van der Waals surface area contributed by atoms with Gasteiger partial charge < -0.3 is 8.83 Å². The molecule has 0 amide bonds. The molecule has 9 aromatic carbocycles. The fraction of sp³-hybridized carbons (Fsp3) is 0. The van der Waals surface area contributed by atoms with Gasteiger partial charge in [-0.1, -0.05) is 140 Å². The zero-order valence-corrected chi connectivity index (χ0v) is 32.3. The largest absolute Gasteiger partial charge is 0.456 e. The molecule has 60 heavy (non-hydrogen) atoms. The number of furan rings is 2. The molecule has 4 nitrogen and oxygen atoms in total. The van der Waals surface area contributed by atoms with Crippen LogP contribution in [0.1, 0.15) is 0 Å². The first-order valence-electron chi connectivity index (χ1n) is 20.2. The first-order valence-corrected chi connectivity index (χ1v) is 20.2. The third kappa shape index (κ3) is 5.93. The molecule has 0 saturated heterocycles. The van der Waals surface area contributed by atoms with Gasteiger partial charge in [0.15, 0.2) is 5.82 Å². The Kier molecular flexibility index (Phi) is 7.82. The lowest BCUT2D eigenvalue weighted by molar-refractivity contribution is 0.668. The fourth-order valence-electron chi connectivity index (χ4n) is 8.58. The molecule has 0 radical (unpaired) electrons. The molecular formula is C56H34N2O2. The van der Waals surface area contributed by atoms with Crippen molar-refractivity contribution in [2.24, 2.45) is 0 Å². The van der Waals surface area contributed by atoms with E-state index in [1.807, 2.05) is 42.5 Å². The summed E-state index contributed by atoms with van der Waals surface area (Å²) in [6, 6.07) is 72.4. The highest BCUT2D eigenvalue weighted by Gasteiger charge is 2.16. The van der Waals surface area contributed by atoms with E-state index < -0.39 is 0 Å². The fourth-order valence-corrected chi connectivity index (χ4v) is 8.58. The molecular weight excluding hydrogens is 733 g/mol. The average molecular weight is 767 g/mol. The molecule has 0 bridgehead atoms. The highest BCUT2D eigenvalue weighted by Crippen LogP contribution is 2.39. The van der Waals surface area contributed by atoms with Crippen LogP contribution in [0, 0.1) is 0 Å². The summed E-state index contributed by atoms with van der Waals surface area (Å²) in [5.74, 6) is 0.672. The third-order valence-electron chi connectivity index (χ3n) is 11.7. The number of para-hydroxylation sites is 2. The van der Waals surface area contributed by atoms with Crippen molar-refractivity contribution in [3.63, 3.8) is 0 Å². The number of aromatic nitrogens is 2. The first-order chi connectivity index (χ1) is 29.7. The summed E-state index contributed by atoms with van der Waals surface area (Å²) in [6.07, 6.45) is 0. The van der Waals surface area contributed by atoms with Crippen LogP contribution in [0.3, 0.4) is 0 Å². The Bertz CT molecular complexity index is 3470. The molecule has 0 spiro atoms. The van der Waals surface area contributed by atoms with Crippen LogP contribution in [0.25, 0.3) is 122 Å². The zero-order valence-electron chi connectivity index (χ0n) is 32.3. The van der Waals surface area contributed by atoms with E-state index in [0.29, 0.717) is 5.82 Å². The minimum Gasteiger partial charge on any atom is -0.456 e.